The molecule has 34 heavy (non-hydrogen) atoms. The van der Waals surface area contributed by atoms with E-state index in [1.807, 2.05) is 0 Å². The minimum Gasteiger partial charge on any atom is -0.493 e. The van der Waals surface area contributed by atoms with Gasteiger partial charge in [-0.15, -0.1) is 0 Å². The summed E-state index contributed by atoms with van der Waals surface area (Å²) < 4.78 is 20.9. The van der Waals surface area contributed by atoms with E-state index in [9.17, 15) is 14.4 Å². The maximum atomic E-state index is 13.0. The van der Waals surface area contributed by atoms with Crippen molar-refractivity contribution in [3.05, 3.63) is 48.2 Å². The lowest BCUT2D eigenvalue weighted by atomic mass is 10.2. The number of carbonyl (C=O) groups excluding carboxylic acids is 3. The van der Waals surface area contributed by atoms with Crippen LogP contribution in [-0.4, -0.2) is 52.3 Å². The molecule has 0 aliphatic carbocycles. The molecule has 3 rings (SSSR count). The molecule has 0 saturated carbocycles. The third kappa shape index (κ3) is 5.58. The average Bonchev–Trinajstić information content (AvgIpc) is 2.94. The highest BCUT2D eigenvalue weighted by Gasteiger charge is 2.25. The summed E-state index contributed by atoms with van der Waals surface area (Å²) in [6, 6.07) is 10.2. The minimum absolute atomic E-state index is 0.0978. The van der Waals surface area contributed by atoms with Gasteiger partial charge in [-0.3, -0.25) is 19.3 Å². The van der Waals surface area contributed by atoms with E-state index in [1.54, 1.807) is 43.3 Å². The lowest BCUT2D eigenvalue weighted by molar-refractivity contribution is -0.142. The van der Waals surface area contributed by atoms with Gasteiger partial charge in [-0.1, -0.05) is 12.1 Å². The van der Waals surface area contributed by atoms with Gasteiger partial charge in [-0.2, -0.15) is 0 Å². The number of nitrogens with one attached hydrogen (secondary N) is 2. The van der Waals surface area contributed by atoms with E-state index in [0.717, 1.165) is 0 Å². The molecule has 0 spiro atoms. The van der Waals surface area contributed by atoms with E-state index in [4.69, 9.17) is 18.9 Å². The largest absolute Gasteiger partial charge is 0.493 e. The van der Waals surface area contributed by atoms with Crippen LogP contribution in [0.2, 0.25) is 0 Å². The minimum atomic E-state index is -0.458. The molecule has 0 saturated heterocycles. The summed E-state index contributed by atoms with van der Waals surface area (Å²) in [7, 11) is 4.44. The van der Waals surface area contributed by atoms with Crippen molar-refractivity contribution in [2.24, 2.45) is 0 Å². The third-order valence-corrected chi connectivity index (χ3v) is 4.94. The smallest absolute Gasteiger partial charge is 0.311 e. The van der Waals surface area contributed by atoms with Gasteiger partial charge in [0.2, 0.25) is 11.7 Å². The van der Waals surface area contributed by atoms with Gasteiger partial charge in [0, 0.05) is 29.6 Å². The van der Waals surface area contributed by atoms with Crippen molar-refractivity contribution in [3.8, 4) is 17.2 Å². The number of rotatable bonds is 9. The number of benzene rings is 2. The zero-order valence-electron chi connectivity index (χ0n) is 19.5. The summed E-state index contributed by atoms with van der Waals surface area (Å²) in [6.45, 7) is 1.68. The second-order valence-electron chi connectivity index (χ2n) is 7.18. The van der Waals surface area contributed by atoms with Gasteiger partial charge in [0.05, 0.1) is 45.7 Å². The molecule has 2 aromatic rings. The predicted molar refractivity (Wildman–Crippen MR) is 126 cm³/mol. The molecule has 10 heteroatoms. The van der Waals surface area contributed by atoms with Crippen LogP contribution in [0, 0.1) is 0 Å². The standard InChI is InChI=1S/C24H27N3O7/c1-5-34-23(30)13-16-12-22(29)27(18-9-7-6-8-17(18)25-16)14-21(28)26-15-10-19(31-2)24(33-4)20(11-15)32-3/h6-12,25H,5,13-14H2,1-4H3,(H,26,28). The first-order valence-corrected chi connectivity index (χ1v) is 10.5. The van der Waals surface area contributed by atoms with Gasteiger partial charge >= 0.3 is 5.97 Å². The Hall–Kier alpha value is -4.21. The first-order chi connectivity index (χ1) is 16.4. The fourth-order valence-electron chi connectivity index (χ4n) is 3.49. The Morgan fingerprint density at radius 3 is 2.32 bits per heavy atom. The van der Waals surface area contributed by atoms with E-state index in [0.29, 0.717) is 40.0 Å². The third-order valence-electron chi connectivity index (χ3n) is 4.94. The molecule has 180 valence electrons. The van der Waals surface area contributed by atoms with Gasteiger partial charge in [0.1, 0.15) is 6.54 Å². The van der Waals surface area contributed by atoms with E-state index < -0.39 is 17.8 Å². The monoisotopic (exact) mass is 469 g/mol. The lowest BCUT2D eigenvalue weighted by Crippen LogP contribution is -2.37. The van der Waals surface area contributed by atoms with Crippen LogP contribution < -0.4 is 29.7 Å². The molecule has 10 nitrogen and oxygen atoms in total. The first kappa shape index (κ1) is 24.4. The topological polar surface area (TPSA) is 115 Å². The van der Waals surface area contributed by atoms with Crippen molar-refractivity contribution in [1.82, 2.24) is 0 Å². The number of amides is 2. The van der Waals surface area contributed by atoms with E-state index in [2.05, 4.69) is 10.6 Å². The Kier molecular flexibility index (Phi) is 7.96. The molecule has 0 atom stereocenters. The van der Waals surface area contributed by atoms with Crippen molar-refractivity contribution in [2.45, 2.75) is 13.3 Å². The molecule has 0 unspecified atom stereocenters. The highest BCUT2D eigenvalue weighted by atomic mass is 16.5. The van der Waals surface area contributed by atoms with Crippen LogP contribution in [0.1, 0.15) is 13.3 Å². The molecule has 2 N–H and O–H groups in total. The van der Waals surface area contributed by atoms with Crippen LogP contribution >= 0.6 is 0 Å². The number of carbonyl (C=O) groups is 3. The Bertz CT molecular complexity index is 1090. The fraction of sp³-hybridized carbons (Fsp3) is 0.292. The van der Waals surface area contributed by atoms with Crippen molar-refractivity contribution in [1.29, 1.82) is 0 Å². The normalized spacial score (nSPS) is 12.5. The van der Waals surface area contributed by atoms with Crippen LogP contribution in [0.3, 0.4) is 0 Å². The summed E-state index contributed by atoms with van der Waals surface area (Å²) in [6.07, 6.45) is 1.20. The Morgan fingerprint density at radius 1 is 1.03 bits per heavy atom. The van der Waals surface area contributed by atoms with Gasteiger partial charge < -0.3 is 29.6 Å². The molecule has 1 heterocycles. The van der Waals surface area contributed by atoms with E-state index in [1.165, 1.54) is 32.3 Å². The summed E-state index contributed by atoms with van der Waals surface area (Å²) in [5, 5.41) is 5.85. The van der Waals surface area contributed by atoms with Crippen molar-refractivity contribution in [3.63, 3.8) is 0 Å². The molecular weight excluding hydrogens is 442 g/mol. The maximum Gasteiger partial charge on any atom is 0.311 e. The zero-order valence-corrected chi connectivity index (χ0v) is 19.5. The Labute approximate surface area is 197 Å². The second kappa shape index (κ2) is 11.1. The van der Waals surface area contributed by atoms with Crippen molar-refractivity contribution >= 4 is 34.8 Å². The summed E-state index contributed by atoms with van der Waals surface area (Å²) >= 11 is 0. The molecule has 0 fully saturated rings. The molecule has 2 aromatic carbocycles. The van der Waals surface area contributed by atoms with E-state index in [-0.39, 0.29) is 19.6 Å². The number of hydrogen-bond donors (Lipinski definition) is 2. The summed E-state index contributed by atoms with van der Waals surface area (Å²) in [5.74, 6) is -0.199. The average molecular weight is 469 g/mol. The molecular formula is C24H27N3O7. The van der Waals surface area contributed by atoms with Crippen molar-refractivity contribution < 1.29 is 33.3 Å². The fourth-order valence-corrected chi connectivity index (χ4v) is 3.49. The predicted octanol–water partition coefficient (Wildman–Crippen LogP) is 2.95. The summed E-state index contributed by atoms with van der Waals surface area (Å²) in [4.78, 5) is 39.2. The second-order valence-corrected chi connectivity index (χ2v) is 7.18. The Balaban J connectivity index is 1.84. The Morgan fingerprint density at radius 2 is 1.71 bits per heavy atom. The van der Waals surface area contributed by atoms with Gasteiger partial charge in [0.15, 0.2) is 11.5 Å². The number of esters is 1. The van der Waals surface area contributed by atoms with Crippen LogP contribution in [0.15, 0.2) is 48.2 Å². The number of ether oxygens (including phenoxy) is 4. The van der Waals surface area contributed by atoms with Gasteiger partial charge in [-0.05, 0) is 19.1 Å². The van der Waals surface area contributed by atoms with Crippen LogP contribution in [0.5, 0.6) is 17.2 Å². The van der Waals surface area contributed by atoms with E-state index >= 15 is 0 Å². The SMILES string of the molecule is CCOC(=O)CC1=CC(=O)N(CC(=O)Nc2cc(OC)c(OC)c(OC)c2)c2ccccc2N1. The molecule has 0 bridgehead atoms. The number of hydrogen-bond acceptors (Lipinski definition) is 8. The highest BCUT2D eigenvalue weighted by molar-refractivity contribution is 6.10. The lowest BCUT2D eigenvalue weighted by Gasteiger charge is -2.22. The number of para-hydroxylation sites is 2. The van der Waals surface area contributed by atoms with Gasteiger partial charge in [0.25, 0.3) is 5.91 Å². The van der Waals surface area contributed by atoms with Crippen LogP contribution in [0.4, 0.5) is 17.1 Å². The number of nitrogens with zero attached hydrogens (tertiary/aromatic N) is 1. The van der Waals surface area contributed by atoms with Crippen LogP contribution in [-0.2, 0) is 19.1 Å². The van der Waals surface area contributed by atoms with Crippen LogP contribution in [0.25, 0.3) is 0 Å². The first-order valence-electron chi connectivity index (χ1n) is 10.5. The summed E-state index contributed by atoms with van der Waals surface area (Å²) in [5.41, 5.74) is 1.88. The quantitative estimate of drug-likeness (QED) is 0.539. The highest BCUT2D eigenvalue weighted by Crippen LogP contribution is 2.40. The van der Waals surface area contributed by atoms with Gasteiger partial charge in [-0.25, -0.2) is 0 Å². The number of anilines is 3. The van der Waals surface area contributed by atoms with Crippen molar-refractivity contribution in [2.75, 3.05) is 50.0 Å². The maximum absolute atomic E-state index is 13.0. The molecule has 2 amide bonds. The molecule has 0 radical (unpaired) electrons. The number of fused-ring (bicyclic) bond motifs is 1. The molecule has 0 aromatic heterocycles. The molecule has 1 aliphatic rings. The number of methoxy groups -OCH3 is 3. The zero-order chi connectivity index (χ0) is 24.7. The molecule has 1 aliphatic heterocycles.